The van der Waals surface area contributed by atoms with E-state index in [1.165, 1.54) is 23.1 Å². The van der Waals surface area contributed by atoms with Crippen LogP contribution in [0.25, 0.3) is 0 Å². The minimum absolute atomic E-state index is 0.0412. The topological polar surface area (TPSA) is 138 Å². The molecule has 2 aromatic carbocycles. The molecule has 3 aliphatic rings. The maximum atomic E-state index is 14.6. The van der Waals surface area contributed by atoms with Gasteiger partial charge >= 0.3 is 6.18 Å². The van der Waals surface area contributed by atoms with Crippen molar-refractivity contribution in [1.82, 2.24) is 20.0 Å². The molecule has 2 saturated heterocycles. The fourth-order valence-electron chi connectivity index (χ4n) is 6.96. The summed E-state index contributed by atoms with van der Waals surface area (Å²) in [6, 6.07) is 9.03. The molecular weight excluding hydrogens is 676 g/mol. The number of aromatic nitrogens is 2. The van der Waals surface area contributed by atoms with E-state index in [-0.39, 0.29) is 60.0 Å². The molecule has 1 unspecified atom stereocenters. The summed E-state index contributed by atoms with van der Waals surface area (Å²) in [5, 5.41) is 17.6. The number of hydrogen-bond acceptors (Lipinski definition) is 7. The highest BCUT2D eigenvalue weighted by Gasteiger charge is 2.52. The SMILES string of the molecule is CCN1C(=O)[C@@H](NC(=O)c2cccc(C(F)(F)F)c2)[C@@H](c2ccc(F)cc2)c2c(C(=O)N3CC(=O)CC3(C#N)C[Si])nn(C3CCOCC3)c21. The predicted octanol–water partition coefficient (Wildman–Crippen LogP) is 3.95. The van der Waals surface area contributed by atoms with Crippen molar-refractivity contribution in [3.8, 4) is 6.07 Å². The quantitative estimate of drug-likeness (QED) is 0.290. The fraction of sp³-hybridized carbons (Fsp3) is 0.412. The zero-order valence-corrected chi connectivity index (χ0v) is 27.8. The van der Waals surface area contributed by atoms with Crippen molar-refractivity contribution >= 4 is 39.6 Å². The number of halogens is 4. The maximum Gasteiger partial charge on any atom is 0.416 e. The molecule has 0 aliphatic carbocycles. The zero-order chi connectivity index (χ0) is 36.0. The molecule has 16 heteroatoms. The Morgan fingerprint density at radius 2 is 1.84 bits per heavy atom. The third-order valence-electron chi connectivity index (χ3n) is 9.46. The summed E-state index contributed by atoms with van der Waals surface area (Å²) in [6.07, 6.45) is -4.00. The molecule has 259 valence electrons. The van der Waals surface area contributed by atoms with Crippen LogP contribution in [0.3, 0.4) is 0 Å². The second-order valence-electron chi connectivity index (χ2n) is 12.4. The Kier molecular flexibility index (Phi) is 9.40. The van der Waals surface area contributed by atoms with Crippen molar-refractivity contribution in [2.45, 2.75) is 61.9 Å². The first-order chi connectivity index (χ1) is 23.8. The average Bonchev–Trinajstić information content (AvgIpc) is 3.67. The number of benzene rings is 2. The van der Waals surface area contributed by atoms with Crippen LogP contribution < -0.4 is 10.2 Å². The van der Waals surface area contributed by atoms with E-state index >= 15 is 0 Å². The minimum atomic E-state index is -4.74. The van der Waals surface area contributed by atoms with E-state index in [1.54, 1.807) is 11.6 Å². The van der Waals surface area contributed by atoms with Gasteiger partial charge in [-0.05, 0) is 61.7 Å². The summed E-state index contributed by atoms with van der Waals surface area (Å²) in [4.78, 5) is 58.0. The van der Waals surface area contributed by atoms with Crippen LogP contribution in [0, 0.1) is 17.1 Å². The van der Waals surface area contributed by atoms with Crippen LogP contribution in [0.15, 0.2) is 48.5 Å². The van der Waals surface area contributed by atoms with E-state index in [4.69, 9.17) is 9.84 Å². The van der Waals surface area contributed by atoms with Gasteiger partial charge in [0.25, 0.3) is 17.7 Å². The van der Waals surface area contributed by atoms with E-state index in [0.717, 1.165) is 29.2 Å². The monoisotopic (exact) mass is 707 g/mol. The molecule has 3 aliphatic heterocycles. The second kappa shape index (κ2) is 13.4. The van der Waals surface area contributed by atoms with Gasteiger partial charge in [-0.25, -0.2) is 9.07 Å². The number of likely N-dealkylation sites (tertiary alicyclic amines) is 1. The Balaban J connectivity index is 1.56. The smallest absolute Gasteiger partial charge is 0.381 e. The van der Waals surface area contributed by atoms with Crippen LogP contribution in [-0.4, -0.2) is 86.3 Å². The largest absolute Gasteiger partial charge is 0.416 e. The van der Waals surface area contributed by atoms with Crippen molar-refractivity contribution in [3.05, 3.63) is 82.3 Å². The molecule has 3 radical (unpaired) electrons. The van der Waals surface area contributed by atoms with Crippen molar-refractivity contribution in [2.24, 2.45) is 0 Å². The third kappa shape index (κ3) is 6.08. The minimum Gasteiger partial charge on any atom is -0.381 e. The molecule has 3 amide bonds. The number of fused-ring (bicyclic) bond motifs is 1. The number of Topliss-reactive ketones (excluding diaryl/α,β-unsaturated/α-hetero) is 1. The lowest BCUT2D eigenvalue weighted by atomic mass is 9.80. The van der Waals surface area contributed by atoms with Gasteiger partial charge in [-0.2, -0.15) is 23.5 Å². The zero-order valence-electron chi connectivity index (χ0n) is 26.8. The van der Waals surface area contributed by atoms with Crippen LogP contribution in [0.5, 0.6) is 0 Å². The van der Waals surface area contributed by atoms with Gasteiger partial charge in [0.1, 0.15) is 23.2 Å². The predicted molar refractivity (Wildman–Crippen MR) is 170 cm³/mol. The summed E-state index contributed by atoms with van der Waals surface area (Å²) >= 11 is 0. The van der Waals surface area contributed by atoms with Gasteiger partial charge < -0.3 is 15.0 Å². The third-order valence-corrected chi connectivity index (χ3v) is 10.0. The fourth-order valence-corrected chi connectivity index (χ4v) is 7.35. The highest BCUT2D eigenvalue weighted by Crippen LogP contribution is 2.46. The Hall–Kier alpha value is -4.88. The number of rotatable bonds is 7. The average molecular weight is 708 g/mol. The number of amides is 3. The number of carbonyl (C=O) groups excluding carboxylic acids is 4. The van der Waals surface area contributed by atoms with E-state index in [2.05, 4.69) is 21.6 Å². The molecule has 50 heavy (non-hydrogen) atoms. The molecule has 6 rings (SSSR count). The first kappa shape index (κ1) is 35.0. The van der Waals surface area contributed by atoms with Crippen LogP contribution in [-0.2, 0) is 20.5 Å². The highest BCUT2D eigenvalue weighted by atomic mass is 28.1. The number of nitriles is 1. The lowest BCUT2D eigenvalue weighted by Gasteiger charge is -2.39. The van der Waals surface area contributed by atoms with Crippen molar-refractivity contribution in [3.63, 3.8) is 0 Å². The van der Waals surface area contributed by atoms with Crippen molar-refractivity contribution in [1.29, 1.82) is 5.26 Å². The standard InChI is InChI=1S/C34H31F4N6O5Si/c1-2-42-30-26(28(41-44(30)23-10-12-49-13-11-23)32(48)43-16-24(45)15-33(43,17-39)18-50)25(19-6-8-22(35)9-7-19)27(31(42)47)40-29(46)20-4-3-5-21(14-20)34(36,37)38/h3-9,14,23,25,27H,2,10-13,15-16,18H2,1H3,(H,40,46)/t25-,27-,33?/m0/s1. The van der Waals surface area contributed by atoms with Crippen LogP contribution >= 0.6 is 0 Å². The van der Waals surface area contributed by atoms with E-state index in [1.807, 2.05) is 0 Å². The summed E-state index contributed by atoms with van der Waals surface area (Å²) in [5.41, 5.74) is -2.65. The lowest BCUT2D eigenvalue weighted by Crippen LogP contribution is -2.56. The normalized spacial score (nSPS) is 22.7. The number of carbonyl (C=O) groups is 4. The van der Waals surface area contributed by atoms with Gasteiger partial charge in [0, 0.05) is 53.5 Å². The van der Waals surface area contributed by atoms with E-state index in [9.17, 15) is 42.0 Å². The van der Waals surface area contributed by atoms with Gasteiger partial charge in [0.05, 0.1) is 24.2 Å². The van der Waals surface area contributed by atoms with Crippen LogP contribution in [0.1, 0.15) is 75.7 Å². The molecule has 0 bridgehead atoms. The second-order valence-corrected chi connectivity index (χ2v) is 12.8. The number of ether oxygens (including phenoxy) is 1. The molecule has 4 heterocycles. The Morgan fingerprint density at radius 1 is 1.14 bits per heavy atom. The number of hydrogen-bond donors (Lipinski definition) is 1. The van der Waals surface area contributed by atoms with Crippen molar-refractivity contribution < 1.29 is 41.5 Å². The van der Waals surface area contributed by atoms with E-state index < -0.39 is 52.8 Å². The molecular formula is C34H31F4N6O5Si. The molecule has 1 N–H and O–H groups in total. The number of nitrogens with zero attached hydrogens (tertiary/aromatic N) is 5. The molecule has 0 saturated carbocycles. The van der Waals surface area contributed by atoms with Crippen molar-refractivity contribution in [2.75, 3.05) is 31.2 Å². The number of alkyl halides is 3. The Labute approximate surface area is 287 Å². The Morgan fingerprint density at radius 3 is 2.46 bits per heavy atom. The summed E-state index contributed by atoms with van der Waals surface area (Å²) < 4.78 is 62.0. The molecule has 3 aromatic rings. The molecule has 0 spiro atoms. The highest BCUT2D eigenvalue weighted by molar-refractivity contribution is 6.12. The molecule has 1 aromatic heterocycles. The maximum absolute atomic E-state index is 14.6. The van der Waals surface area contributed by atoms with Gasteiger partial charge in [-0.15, -0.1) is 0 Å². The van der Waals surface area contributed by atoms with Gasteiger partial charge in [-0.3, -0.25) is 24.1 Å². The number of nitrogens with one attached hydrogen (secondary N) is 1. The molecule has 3 atom stereocenters. The number of ketones is 1. The first-order valence-electron chi connectivity index (χ1n) is 16.0. The van der Waals surface area contributed by atoms with Crippen LogP contribution in [0.4, 0.5) is 23.4 Å². The lowest BCUT2D eigenvalue weighted by molar-refractivity contribution is -0.137. The summed E-state index contributed by atoms with van der Waals surface area (Å²) in [5.74, 6) is -4.28. The summed E-state index contributed by atoms with van der Waals surface area (Å²) in [7, 11) is 3.35. The first-order valence-corrected chi connectivity index (χ1v) is 16.7. The van der Waals surface area contributed by atoms with Crippen LogP contribution in [0.2, 0.25) is 6.04 Å². The van der Waals surface area contributed by atoms with E-state index in [0.29, 0.717) is 37.7 Å². The Bertz CT molecular complexity index is 1890. The molecule has 2 fully saturated rings. The molecule has 11 nitrogen and oxygen atoms in total. The number of likely N-dealkylation sites (N-methyl/N-ethyl adjacent to an activating group) is 1. The van der Waals surface area contributed by atoms with Gasteiger partial charge in [0.2, 0.25) is 0 Å². The summed E-state index contributed by atoms with van der Waals surface area (Å²) in [6.45, 7) is 2.11. The van der Waals surface area contributed by atoms with Gasteiger partial charge in [0.15, 0.2) is 11.5 Å². The number of anilines is 1. The van der Waals surface area contributed by atoms with Gasteiger partial charge in [-0.1, -0.05) is 18.2 Å².